The van der Waals surface area contributed by atoms with Crippen LogP contribution in [0.4, 0.5) is 17.2 Å². The topological polar surface area (TPSA) is 63.2 Å². The van der Waals surface area contributed by atoms with Crippen molar-refractivity contribution in [2.24, 2.45) is 0 Å². The maximum Gasteiger partial charge on any atom is 0.255 e. The Morgan fingerprint density at radius 2 is 1.63 bits per heavy atom. The summed E-state index contributed by atoms with van der Waals surface area (Å²) in [6.45, 7) is 6.19. The maximum atomic E-state index is 12.6. The molecule has 2 aromatic carbocycles. The molecule has 0 aliphatic heterocycles. The zero-order chi connectivity index (χ0) is 19.4. The largest absolute Gasteiger partial charge is 0.497 e. The highest BCUT2D eigenvalue weighted by atomic mass is 16.5. The molecule has 5 nitrogen and oxygen atoms in total. The van der Waals surface area contributed by atoms with Crippen molar-refractivity contribution in [3.8, 4) is 5.75 Å². The minimum Gasteiger partial charge on any atom is -0.497 e. The Hall–Kier alpha value is -3.34. The number of nitrogens with zero attached hydrogens (tertiary/aromatic N) is 1. The van der Waals surface area contributed by atoms with Gasteiger partial charge in [0, 0.05) is 23.1 Å². The number of methoxy groups -OCH3 is 1. The van der Waals surface area contributed by atoms with E-state index in [4.69, 9.17) is 4.74 Å². The predicted molar refractivity (Wildman–Crippen MR) is 109 cm³/mol. The molecule has 138 valence electrons. The van der Waals surface area contributed by atoms with E-state index in [1.807, 2.05) is 0 Å². The van der Waals surface area contributed by atoms with Gasteiger partial charge in [0.1, 0.15) is 11.6 Å². The van der Waals surface area contributed by atoms with Gasteiger partial charge in [0.2, 0.25) is 0 Å². The van der Waals surface area contributed by atoms with Crippen molar-refractivity contribution in [2.75, 3.05) is 17.7 Å². The zero-order valence-corrected chi connectivity index (χ0v) is 16.0. The fourth-order valence-electron chi connectivity index (χ4n) is 3.02. The molecular weight excluding hydrogens is 338 g/mol. The lowest BCUT2D eigenvalue weighted by Crippen LogP contribution is -2.12. The van der Waals surface area contributed by atoms with E-state index in [1.54, 1.807) is 49.7 Å². The molecule has 1 aromatic heterocycles. The van der Waals surface area contributed by atoms with E-state index in [2.05, 4.69) is 48.5 Å². The van der Waals surface area contributed by atoms with Crippen molar-refractivity contribution in [3.05, 3.63) is 77.0 Å². The summed E-state index contributed by atoms with van der Waals surface area (Å²) >= 11 is 0. The van der Waals surface area contributed by atoms with E-state index >= 15 is 0 Å². The van der Waals surface area contributed by atoms with Gasteiger partial charge in [-0.15, -0.1) is 0 Å². The number of aryl methyl sites for hydroxylation is 3. The van der Waals surface area contributed by atoms with Crippen LogP contribution in [-0.2, 0) is 0 Å². The van der Waals surface area contributed by atoms with E-state index in [0.717, 1.165) is 22.6 Å². The van der Waals surface area contributed by atoms with Crippen LogP contribution in [0.15, 0.2) is 54.7 Å². The van der Waals surface area contributed by atoms with Gasteiger partial charge in [-0.05, 0) is 68.3 Å². The van der Waals surface area contributed by atoms with Crippen LogP contribution >= 0.6 is 0 Å². The van der Waals surface area contributed by atoms with Gasteiger partial charge >= 0.3 is 0 Å². The lowest BCUT2D eigenvalue weighted by molar-refractivity contribution is 0.102. The summed E-state index contributed by atoms with van der Waals surface area (Å²) in [5.74, 6) is 1.18. The fraction of sp³-hybridized carbons (Fsp3) is 0.182. The first kappa shape index (κ1) is 18.5. The SMILES string of the molecule is COc1ccc(NC(=O)c2ccnc(Nc3c(C)cc(C)cc3C)c2)cc1. The Morgan fingerprint density at radius 3 is 2.26 bits per heavy atom. The van der Waals surface area contributed by atoms with Gasteiger partial charge < -0.3 is 15.4 Å². The Balaban J connectivity index is 1.77. The maximum absolute atomic E-state index is 12.6. The third-order valence-corrected chi connectivity index (χ3v) is 4.30. The standard InChI is InChI=1S/C22H23N3O2/c1-14-11-15(2)21(16(3)12-14)25-20-13-17(9-10-23-20)22(26)24-18-5-7-19(27-4)8-6-18/h5-13H,1-4H3,(H,23,25)(H,24,26). The summed E-state index contributed by atoms with van der Waals surface area (Å²) in [6.07, 6.45) is 1.63. The number of hydrogen-bond acceptors (Lipinski definition) is 4. The second-order valence-corrected chi connectivity index (χ2v) is 6.51. The van der Waals surface area contributed by atoms with E-state index in [1.165, 1.54) is 5.56 Å². The number of ether oxygens (including phenoxy) is 1. The molecule has 5 heteroatoms. The van der Waals surface area contributed by atoms with Gasteiger partial charge in [0.05, 0.1) is 7.11 Å². The highest BCUT2D eigenvalue weighted by molar-refractivity contribution is 6.04. The second-order valence-electron chi connectivity index (χ2n) is 6.51. The molecule has 27 heavy (non-hydrogen) atoms. The molecule has 0 bridgehead atoms. The molecule has 3 aromatic rings. The van der Waals surface area contributed by atoms with E-state index in [0.29, 0.717) is 17.1 Å². The Morgan fingerprint density at radius 1 is 0.963 bits per heavy atom. The number of carbonyl (C=O) groups excluding carboxylic acids is 1. The summed E-state index contributed by atoms with van der Waals surface area (Å²) in [4.78, 5) is 16.9. The van der Waals surface area contributed by atoms with Gasteiger partial charge in [-0.1, -0.05) is 17.7 Å². The average Bonchev–Trinajstić information content (AvgIpc) is 2.65. The van der Waals surface area contributed by atoms with Crippen LogP contribution in [0.25, 0.3) is 0 Å². The van der Waals surface area contributed by atoms with Crippen LogP contribution < -0.4 is 15.4 Å². The normalized spacial score (nSPS) is 10.4. The number of hydrogen-bond donors (Lipinski definition) is 2. The summed E-state index contributed by atoms with van der Waals surface area (Å²) in [6, 6.07) is 14.9. The summed E-state index contributed by atoms with van der Waals surface area (Å²) in [5, 5.41) is 6.22. The number of pyridine rings is 1. The first-order valence-electron chi connectivity index (χ1n) is 8.72. The van der Waals surface area contributed by atoms with Gasteiger partial charge in [-0.25, -0.2) is 4.98 Å². The number of carbonyl (C=O) groups is 1. The lowest BCUT2D eigenvalue weighted by Gasteiger charge is -2.14. The summed E-state index contributed by atoms with van der Waals surface area (Å²) in [5.41, 5.74) is 5.75. The van der Waals surface area contributed by atoms with Crippen molar-refractivity contribution < 1.29 is 9.53 Å². The van der Waals surface area contributed by atoms with Gasteiger partial charge in [0.25, 0.3) is 5.91 Å². The Bertz CT molecular complexity index is 943. The first-order chi connectivity index (χ1) is 13.0. The van der Waals surface area contributed by atoms with Crippen LogP contribution in [0.1, 0.15) is 27.0 Å². The monoisotopic (exact) mass is 361 g/mol. The van der Waals surface area contributed by atoms with E-state index in [9.17, 15) is 4.79 Å². The number of benzene rings is 2. The number of amides is 1. The van der Waals surface area contributed by atoms with Crippen LogP contribution in [-0.4, -0.2) is 18.0 Å². The molecule has 0 fully saturated rings. The average molecular weight is 361 g/mol. The van der Waals surface area contributed by atoms with Crippen LogP contribution in [0.3, 0.4) is 0 Å². The molecule has 0 aliphatic rings. The zero-order valence-electron chi connectivity index (χ0n) is 16.0. The number of nitrogens with one attached hydrogen (secondary N) is 2. The smallest absolute Gasteiger partial charge is 0.255 e. The third kappa shape index (κ3) is 4.44. The summed E-state index contributed by atoms with van der Waals surface area (Å²) in [7, 11) is 1.61. The Labute approximate surface area is 159 Å². The second kappa shape index (κ2) is 7.91. The molecular formula is C22H23N3O2. The molecule has 0 spiro atoms. The summed E-state index contributed by atoms with van der Waals surface area (Å²) < 4.78 is 5.13. The first-order valence-corrected chi connectivity index (χ1v) is 8.72. The minimum atomic E-state index is -0.192. The van der Waals surface area contributed by atoms with E-state index in [-0.39, 0.29) is 5.91 Å². The van der Waals surface area contributed by atoms with Crippen molar-refractivity contribution in [3.63, 3.8) is 0 Å². The predicted octanol–water partition coefficient (Wildman–Crippen LogP) is 5.01. The molecule has 0 unspecified atom stereocenters. The molecule has 0 aliphatic carbocycles. The molecule has 1 heterocycles. The fourth-order valence-corrected chi connectivity index (χ4v) is 3.02. The highest BCUT2D eigenvalue weighted by Crippen LogP contribution is 2.25. The molecule has 3 rings (SSSR count). The lowest BCUT2D eigenvalue weighted by atomic mass is 10.1. The number of anilines is 3. The molecule has 2 N–H and O–H groups in total. The highest BCUT2D eigenvalue weighted by Gasteiger charge is 2.10. The number of rotatable bonds is 5. The number of aromatic nitrogens is 1. The Kier molecular flexibility index (Phi) is 5.41. The van der Waals surface area contributed by atoms with Gasteiger partial charge in [0.15, 0.2) is 0 Å². The van der Waals surface area contributed by atoms with Crippen molar-refractivity contribution in [2.45, 2.75) is 20.8 Å². The molecule has 0 saturated heterocycles. The van der Waals surface area contributed by atoms with Crippen molar-refractivity contribution >= 4 is 23.1 Å². The van der Waals surface area contributed by atoms with Crippen LogP contribution in [0.5, 0.6) is 5.75 Å². The van der Waals surface area contributed by atoms with Crippen molar-refractivity contribution in [1.29, 1.82) is 0 Å². The van der Waals surface area contributed by atoms with E-state index < -0.39 is 0 Å². The van der Waals surface area contributed by atoms with Gasteiger partial charge in [-0.2, -0.15) is 0 Å². The minimum absolute atomic E-state index is 0.192. The molecule has 1 amide bonds. The van der Waals surface area contributed by atoms with Crippen molar-refractivity contribution in [1.82, 2.24) is 4.98 Å². The van der Waals surface area contributed by atoms with Gasteiger partial charge in [-0.3, -0.25) is 4.79 Å². The molecule has 0 saturated carbocycles. The quantitative estimate of drug-likeness (QED) is 0.670. The molecule has 0 radical (unpaired) electrons. The molecule has 0 atom stereocenters. The van der Waals surface area contributed by atoms with Crippen LogP contribution in [0, 0.1) is 20.8 Å². The van der Waals surface area contributed by atoms with Crippen LogP contribution in [0.2, 0.25) is 0 Å². The third-order valence-electron chi connectivity index (χ3n) is 4.30.